The summed E-state index contributed by atoms with van der Waals surface area (Å²) >= 11 is 0. The van der Waals surface area contributed by atoms with Gasteiger partial charge in [0.05, 0.1) is 92.9 Å². The van der Waals surface area contributed by atoms with Crippen LogP contribution in [0.3, 0.4) is 0 Å². The van der Waals surface area contributed by atoms with E-state index in [-0.39, 0.29) is 11.6 Å². The number of carbonyl (C=O) groups is 2. The summed E-state index contributed by atoms with van der Waals surface area (Å²) in [5.41, 5.74) is 6.08. The lowest BCUT2D eigenvalue weighted by atomic mass is 9.79. The highest BCUT2D eigenvalue weighted by molar-refractivity contribution is 6.36. The molecule has 13 heteroatoms. The van der Waals surface area contributed by atoms with Gasteiger partial charge in [-0.05, 0) is 94.9 Å². The third kappa shape index (κ3) is 6.80. The summed E-state index contributed by atoms with van der Waals surface area (Å²) in [5.74, 6) is 4.02. The fourth-order valence-electron chi connectivity index (χ4n) is 8.71. The number of rotatable bonds is 15. The number of aryl methyl sites for hydroxylation is 1. The lowest BCUT2D eigenvalue weighted by Gasteiger charge is -2.23. The number of ketones is 2. The van der Waals surface area contributed by atoms with E-state index in [1.54, 1.807) is 93.3 Å². The van der Waals surface area contributed by atoms with Gasteiger partial charge in [-0.1, -0.05) is 18.2 Å². The summed E-state index contributed by atoms with van der Waals surface area (Å²) < 4.78 is 59.5. The molecule has 0 fully saturated rings. The van der Waals surface area contributed by atoms with Gasteiger partial charge >= 0.3 is 0 Å². The Labute approximate surface area is 364 Å². The van der Waals surface area contributed by atoms with Crippen LogP contribution in [0.25, 0.3) is 33.4 Å². The minimum Gasteiger partial charge on any atom is -0.493 e. The molecule has 63 heavy (non-hydrogen) atoms. The van der Waals surface area contributed by atoms with Crippen molar-refractivity contribution in [3.8, 4) is 79.7 Å². The lowest BCUT2D eigenvalue weighted by molar-refractivity contribution is 0.104. The van der Waals surface area contributed by atoms with Gasteiger partial charge in [-0.15, -0.1) is 0 Å². The zero-order chi connectivity index (χ0) is 44.7. The van der Waals surface area contributed by atoms with Gasteiger partial charge in [-0.25, -0.2) is 0 Å². The van der Waals surface area contributed by atoms with E-state index in [0.29, 0.717) is 137 Å². The average molecular weight is 854 g/mol. The van der Waals surface area contributed by atoms with E-state index in [1.807, 2.05) is 42.5 Å². The van der Waals surface area contributed by atoms with Crippen LogP contribution >= 0.6 is 0 Å². The van der Waals surface area contributed by atoms with Crippen LogP contribution in [-0.4, -0.2) is 87.2 Å². The predicted octanol–water partition coefficient (Wildman–Crippen LogP) is 6.94. The Bertz CT molecular complexity index is 2790. The molecule has 13 nitrogen and oxygen atoms in total. The number of methoxy groups -OCH3 is 10. The molecule has 1 aromatic heterocycles. The third-order valence-corrected chi connectivity index (χ3v) is 11.7. The standard InChI is InChI=1S/C50H47NO12/c1-54-33-14-11-26(19-36(33)57-4)17-18-51-47-43(27-12-15-34(55-2)37(20-27)58-5)49(52)31-24-41(62-9)39(60-7)22-29(31)45(47)46-30-23-40(61-8)42(63-10)25-32(30)50(53)44(48(46)51)28-13-16-35(56-3)38(21-28)59-6/h11-16,19-25H,17-18H2,1-10H3. The first-order valence-electron chi connectivity index (χ1n) is 19.9. The van der Waals surface area contributed by atoms with E-state index in [9.17, 15) is 0 Å². The molecule has 324 valence electrons. The Hall–Kier alpha value is -7.54. The topological polar surface area (TPSA) is 131 Å². The maximum absolute atomic E-state index is 15.5. The molecule has 2 aliphatic rings. The first-order valence-corrected chi connectivity index (χ1v) is 19.9. The van der Waals surface area contributed by atoms with Gasteiger partial charge in [0.15, 0.2) is 69.1 Å². The minimum atomic E-state index is -0.278. The first-order chi connectivity index (χ1) is 30.6. The number of ether oxygens (including phenoxy) is 10. The van der Waals surface area contributed by atoms with Gasteiger partial charge in [-0.3, -0.25) is 9.59 Å². The lowest BCUT2D eigenvalue weighted by Crippen LogP contribution is -2.36. The predicted molar refractivity (Wildman–Crippen MR) is 237 cm³/mol. The van der Waals surface area contributed by atoms with Gasteiger partial charge in [-0.2, -0.15) is 0 Å². The molecular formula is C50H47NO12. The van der Waals surface area contributed by atoms with Gasteiger partial charge < -0.3 is 51.9 Å². The maximum atomic E-state index is 15.5. The molecule has 0 aliphatic heterocycles. The van der Waals surface area contributed by atoms with E-state index in [0.717, 1.165) is 5.56 Å². The monoisotopic (exact) mass is 853 g/mol. The van der Waals surface area contributed by atoms with Crippen molar-refractivity contribution in [1.82, 2.24) is 4.57 Å². The van der Waals surface area contributed by atoms with E-state index in [4.69, 9.17) is 47.4 Å². The molecule has 0 N–H and O–H groups in total. The summed E-state index contributed by atoms with van der Waals surface area (Å²) in [7, 11) is 15.5. The number of Topliss-reactive ketones (excluding diaryl/α,β-unsaturated/α-hetero) is 2. The number of carbonyl (C=O) groups excluding carboxylic acids is 2. The van der Waals surface area contributed by atoms with Crippen molar-refractivity contribution in [2.75, 3.05) is 71.1 Å². The van der Waals surface area contributed by atoms with Crippen molar-refractivity contribution >= 4 is 22.7 Å². The van der Waals surface area contributed by atoms with Crippen LogP contribution in [0.4, 0.5) is 0 Å². The van der Waals surface area contributed by atoms with Gasteiger partial charge in [0, 0.05) is 28.8 Å². The molecule has 2 aliphatic carbocycles. The molecule has 0 radical (unpaired) electrons. The van der Waals surface area contributed by atoms with E-state index in [2.05, 4.69) is 4.57 Å². The molecule has 0 saturated carbocycles. The van der Waals surface area contributed by atoms with Crippen LogP contribution in [0.2, 0.25) is 0 Å². The molecule has 0 bridgehead atoms. The van der Waals surface area contributed by atoms with Crippen molar-refractivity contribution in [2.45, 2.75) is 13.0 Å². The number of benzene rings is 5. The molecule has 5 aromatic carbocycles. The number of hydrogen-bond donors (Lipinski definition) is 0. The summed E-state index contributed by atoms with van der Waals surface area (Å²) in [6, 6.07) is 23.6. The quantitative estimate of drug-likeness (QED) is 0.106. The highest BCUT2D eigenvalue weighted by Crippen LogP contribution is 2.47. The SMILES string of the molecule is COc1ccc(CCn2c3c(c4c2=C(c2ccc(OC)c(OC)c2)C(=O)c2cc(OC)c(OC)cc2-4)-c2cc(OC)c(OC)cc2C(=O)C=3c2ccc(OC)c(OC)c2)cc1OC. The van der Waals surface area contributed by atoms with Crippen LogP contribution < -0.4 is 58.1 Å². The zero-order valence-electron chi connectivity index (χ0n) is 36.8. The number of hydrogen-bond acceptors (Lipinski definition) is 12. The number of fused-ring (bicyclic) bond motifs is 7. The smallest absolute Gasteiger partial charge is 0.196 e. The Morgan fingerprint density at radius 2 is 0.683 bits per heavy atom. The van der Waals surface area contributed by atoms with Gasteiger partial charge in [0.1, 0.15) is 0 Å². The molecule has 6 aromatic rings. The average Bonchev–Trinajstić information content (AvgIpc) is 3.66. The van der Waals surface area contributed by atoms with Crippen molar-refractivity contribution in [1.29, 1.82) is 0 Å². The van der Waals surface area contributed by atoms with Gasteiger partial charge in [0.25, 0.3) is 0 Å². The summed E-state index contributed by atoms with van der Waals surface area (Å²) in [4.78, 5) is 31.0. The first kappa shape index (κ1) is 42.2. The van der Waals surface area contributed by atoms with Crippen LogP contribution in [-0.2, 0) is 13.0 Å². The van der Waals surface area contributed by atoms with Crippen molar-refractivity contribution in [3.05, 3.63) is 117 Å². The minimum absolute atomic E-state index is 0.278. The van der Waals surface area contributed by atoms with E-state index < -0.39 is 0 Å². The highest BCUT2D eigenvalue weighted by atomic mass is 16.5. The molecule has 0 atom stereocenters. The number of aromatic nitrogens is 1. The van der Waals surface area contributed by atoms with E-state index in [1.165, 1.54) is 14.2 Å². The zero-order valence-corrected chi connectivity index (χ0v) is 36.8. The third-order valence-electron chi connectivity index (χ3n) is 11.7. The van der Waals surface area contributed by atoms with Crippen molar-refractivity contribution in [2.24, 2.45) is 0 Å². The second-order valence-electron chi connectivity index (χ2n) is 14.6. The van der Waals surface area contributed by atoms with Gasteiger partial charge in [0.2, 0.25) is 0 Å². The van der Waals surface area contributed by atoms with E-state index >= 15 is 9.59 Å². The summed E-state index contributed by atoms with van der Waals surface area (Å²) in [6.45, 7) is 0.298. The fraction of sp³-hybridized carbons (Fsp3) is 0.240. The molecule has 0 unspecified atom stereocenters. The summed E-state index contributed by atoms with van der Waals surface area (Å²) in [5, 5.41) is 1.15. The van der Waals surface area contributed by atoms with Crippen LogP contribution in [0.5, 0.6) is 57.5 Å². The molecule has 1 heterocycles. The molecule has 0 amide bonds. The normalized spacial score (nSPS) is 12.4. The Kier molecular flexibility index (Phi) is 11.4. The fourth-order valence-corrected chi connectivity index (χ4v) is 8.71. The molecular weight excluding hydrogens is 807 g/mol. The molecule has 0 saturated heterocycles. The molecule has 8 rings (SSSR count). The van der Waals surface area contributed by atoms with Crippen LogP contribution in [0.15, 0.2) is 78.9 Å². The number of nitrogens with zero attached hydrogens (tertiary/aromatic N) is 1. The second kappa shape index (κ2) is 17.1. The van der Waals surface area contributed by atoms with Crippen molar-refractivity contribution in [3.63, 3.8) is 0 Å². The summed E-state index contributed by atoms with van der Waals surface area (Å²) in [6.07, 6.45) is 0.451. The Balaban J connectivity index is 1.64. The van der Waals surface area contributed by atoms with Crippen molar-refractivity contribution < 1.29 is 57.0 Å². The Morgan fingerprint density at radius 3 is 1.05 bits per heavy atom. The maximum Gasteiger partial charge on any atom is 0.196 e. The molecule has 0 spiro atoms. The van der Waals surface area contributed by atoms with Crippen LogP contribution in [0, 0.1) is 0 Å². The Morgan fingerprint density at radius 1 is 0.365 bits per heavy atom. The van der Waals surface area contributed by atoms with Crippen LogP contribution in [0.1, 0.15) is 37.4 Å². The highest BCUT2D eigenvalue weighted by Gasteiger charge is 2.39. The largest absolute Gasteiger partial charge is 0.493 e. The second-order valence-corrected chi connectivity index (χ2v) is 14.6.